The Morgan fingerprint density at radius 3 is 1.91 bits per heavy atom. The summed E-state index contributed by atoms with van der Waals surface area (Å²) in [6.45, 7) is 2.10. The molecule has 0 radical (unpaired) electrons. The molecule has 194 valence electrons. The first-order chi connectivity index (χ1) is 15.7. The summed E-state index contributed by atoms with van der Waals surface area (Å²) in [6, 6.07) is 4.72. The molecule has 1 N–H and O–H groups in total. The summed E-state index contributed by atoms with van der Waals surface area (Å²) in [7, 11) is -8.55. The van der Waals surface area contributed by atoms with Crippen LogP contribution in [0.15, 0.2) is 52.3 Å². The zero-order valence-electron chi connectivity index (χ0n) is 18.6. The molecule has 0 heterocycles. The molecule has 0 atom stereocenters. The second-order valence-corrected chi connectivity index (χ2v) is 12.8. The molecule has 0 saturated carbocycles. The van der Waals surface area contributed by atoms with Gasteiger partial charge in [0.05, 0.1) is 31.2 Å². The normalized spacial score (nSPS) is 13.5. The lowest BCUT2D eigenvalue weighted by Crippen LogP contribution is -2.37. The fourth-order valence-electron chi connectivity index (χ4n) is 3.06. The summed E-state index contributed by atoms with van der Waals surface area (Å²) in [4.78, 5) is 11.1. The summed E-state index contributed by atoms with van der Waals surface area (Å²) in [5.41, 5.74) is -3.00. The van der Waals surface area contributed by atoms with Gasteiger partial charge in [-0.1, -0.05) is 6.07 Å². The van der Waals surface area contributed by atoms with Gasteiger partial charge in [0, 0.05) is 12.8 Å². The van der Waals surface area contributed by atoms with Crippen LogP contribution in [0.2, 0.25) is 0 Å². The molecular formula is C21H21F6NO5S2. The number of sulfone groups is 2. The second-order valence-electron chi connectivity index (χ2n) is 8.28. The van der Waals surface area contributed by atoms with Crippen molar-refractivity contribution in [3.05, 3.63) is 59.2 Å². The number of hydrogen-bond donors (Lipinski definition) is 1. The monoisotopic (exact) mass is 545 g/mol. The molecule has 0 aliphatic heterocycles. The number of halogens is 6. The van der Waals surface area contributed by atoms with Gasteiger partial charge in [0.25, 0.3) is 5.91 Å². The van der Waals surface area contributed by atoms with Crippen LogP contribution in [0.25, 0.3) is 0 Å². The Labute approximate surface area is 198 Å². The third-order valence-electron chi connectivity index (χ3n) is 5.16. The molecule has 0 bridgehead atoms. The van der Waals surface area contributed by atoms with E-state index in [0.717, 1.165) is 18.2 Å². The van der Waals surface area contributed by atoms with Gasteiger partial charge in [0.15, 0.2) is 19.7 Å². The van der Waals surface area contributed by atoms with Crippen LogP contribution in [0, 0.1) is 0 Å². The van der Waals surface area contributed by atoms with Crippen LogP contribution in [-0.4, -0.2) is 40.3 Å². The van der Waals surface area contributed by atoms with Gasteiger partial charge in [0.2, 0.25) is 0 Å². The van der Waals surface area contributed by atoms with Crippen molar-refractivity contribution >= 4 is 25.6 Å². The van der Waals surface area contributed by atoms with Gasteiger partial charge in [0.1, 0.15) is 0 Å². The Balaban J connectivity index is 2.25. The van der Waals surface area contributed by atoms with E-state index in [-0.39, 0.29) is 13.0 Å². The van der Waals surface area contributed by atoms with Crippen LogP contribution < -0.4 is 5.32 Å². The quantitative estimate of drug-likeness (QED) is 0.517. The third-order valence-corrected chi connectivity index (χ3v) is 8.84. The van der Waals surface area contributed by atoms with E-state index in [1.54, 1.807) is 0 Å². The average molecular weight is 546 g/mol. The minimum Gasteiger partial charge on any atom is -0.352 e. The summed E-state index contributed by atoms with van der Waals surface area (Å²) in [5, 5.41) is 2.26. The Morgan fingerprint density at radius 1 is 0.857 bits per heavy atom. The lowest BCUT2D eigenvalue weighted by atomic mass is 10.1. The number of hydrogen-bond acceptors (Lipinski definition) is 5. The SMILES string of the molecule is CC(C)(CCNC(=O)c1ccc(C(F)(F)F)cc1S(C)(=O)=O)S(=O)(=O)c1cccc(C(F)(F)F)c1. The van der Waals surface area contributed by atoms with E-state index in [2.05, 4.69) is 5.32 Å². The predicted octanol–water partition coefficient (Wildman–Crippen LogP) is 4.50. The van der Waals surface area contributed by atoms with Crippen molar-refractivity contribution in [2.75, 3.05) is 12.8 Å². The zero-order valence-corrected chi connectivity index (χ0v) is 20.2. The third kappa shape index (κ3) is 6.54. The van der Waals surface area contributed by atoms with Gasteiger partial charge in [-0.2, -0.15) is 26.3 Å². The number of carbonyl (C=O) groups excluding carboxylic acids is 1. The van der Waals surface area contributed by atoms with Crippen molar-refractivity contribution in [2.24, 2.45) is 0 Å². The number of alkyl halides is 6. The summed E-state index contributed by atoms with van der Waals surface area (Å²) >= 11 is 0. The largest absolute Gasteiger partial charge is 0.416 e. The molecule has 1 amide bonds. The van der Waals surface area contributed by atoms with Crippen molar-refractivity contribution in [3.63, 3.8) is 0 Å². The standard InChI is InChI=1S/C21H21F6NO5S2/c1-19(2,35(32,33)15-6-4-5-13(11-15)20(22,23)24)9-10-28-18(29)16-8-7-14(21(25,26)27)12-17(16)34(3,30)31/h4-8,11-12H,9-10H2,1-3H3,(H,28,29). The van der Waals surface area contributed by atoms with Crippen LogP contribution in [-0.2, 0) is 32.0 Å². The molecule has 2 aromatic rings. The lowest BCUT2D eigenvalue weighted by molar-refractivity contribution is -0.138. The Morgan fingerprint density at radius 2 is 1.40 bits per heavy atom. The number of carbonyl (C=O) groups is 1. The Bertz CT molecular complexity index is 1330. The van der Waals surface area contributed by atoms with Crippen LogP contribution in [0.5, 0.6) is 0 Å². The van der Waals surface area contributed by atoms with E-state index in [0.29, 0.717) is 30.5 Å². The minimum absolute atomic E-state index is 0.299. The average Bonchev–Trinajstić information content (AvgIpc) is 2.71. The molecule has 0 aromatic heterocycles. The molecule has 6 nitrogen and oxygen atoms in total. The van der Waals surface area contributed by atoms with Crippen molar-refractivity contribution in [1.29, 1.82) is 0 Å². The van der Waals surface area contributed by atoms with Gasteiger partial charge >= 0.3 is 12.4 Å². The van der Waals surface area contributed by atoms with E-state index in [1.807, 2.05) is 0 Å². The fourth-order valence-corrected chi connectivity index (χ4v) is 5.51. The van der Waals surface area contributed by atoms with Crippen molar-refractivity contribution in [2.45, 2.75) is 47.2 Å². The summed E-state index contributed by atoms with van der Waals surface area (Å²) < 4.78 is 126. The topological polar surface area (TPSA) is 97.4 Å². The highest BCUT2D eigenvalue weighted by atomic mass is 32.2. The second kappa shape index (κ2) is 9.45. The first kappa shape index (κ1) is 28.6. The number of nitrogens with one attached hydrogen (secondary N) is 1. The number of amides is 1. The first-order valence-corrected chi connectivity index (χ1v) is 13.2. The van der Waals surface area contributed by atoms with Gasteiger partial charge in [-0.05, 0) is 56.7 Å². The first-order valence-electron chi connectivity index (χ1n) is 9.79. The molecule has 0 saturated heterocycles. The molecule has 2 rings (SSSR count). The molecule has 0 aliphatic rings. The summed E-state index contributed by atoms with van der Waals surface area (Å²) in [5.74, 6) is -1.06. The van der Waals surface area contributed by atoms with Gasteiger partial charge in [-0.25, -0.2) is 16.8 Å². The molecular weight excluding hydrogens is 524 g/mol. The molecule has 0 fully saturated rings. The van der Waals surface area contributed by atoms with Gasteiger partial charge in [-0.15, -0.1) is 0 Å². The van der Waals surface area contributed by atoms with Crippen LogP contribution in [0.1, 0.15) is 41.8 Å². The van der Waals surface area contributed by atoms with E-state index in [4.69, 9.17) is 0 Å². The molecule has 14 heteroatoms. The van der Waals surface area contributed by atoms with Crippen LogP contribution >= 0.6 is 0 Å². The minimum atomic E-state index is -4.85. The van der Waals surface area contributed by atoms with Gasteiger partial charge < -0.3 is 5.32 Å². The summed E-state index contributed by atoms with van der Waals surface area (Å²) in [6.07, 6.45) is -9.28. The number of benzene rings is 2. The Kier molecular flexibility index (Phi) is 7.73. The van der Waals surface area contributed by atoms with Crippen molar-refractivity contribution in [1.82, 2.24) is 5.32 Å². The van der Waals surface area contributed by atoms with Crippen molar-refractivity contribution < 1.29 is 48.0 Å². The highest BCUT2D eigenvalue weighted by Gasteiger charge is 2.38. The smallest absolute Gasteiger partial charge is 0.352 e. The predicted molar refractivity (Wildman–Crippen MR) is 114 cm³/mol. The molecule has 2 aromatic carbocycles. The highest BCUT2D eigenvalue weighted by Crippen LogP contribution is 2.34. The van der Waals surface area contributed by atoms with Crippen LogP contribution in [0.4, 0.5) is 26.3 Å². The Hall–Kier alpha value is -2.61. The van der Waals surface area contributed by atoms with Crippen LogP contribution in [0.3, 0.4) is 0 Å². The molecule has 0 aliphatic carbocycles. The molecule has 0 spiro atoms. The fraction of sp³-hybridized carbons (Fsp3) is 0.381. The van der Waals surface area contributed by atoms with E-state index < -0.39 is 69.2 Å². The van der Waals surface area contributed by atoms with E-state index >= 15 is 0 Å². The lowest BCUT2D eigenvalue weighted by Gasteiger charge is -2.25. The maximum absolute atomic E-state index is 13.0. The number of rotatable bonds is 7. The van der Waals surface area contributed by atoms with Crippen molar-refractivity contribution in [3.8, 4) is 0 Å². The maximum atomic E-state index is 13.0. The highest BCUT2D eigenvalue weighted by molar-refractivity contribution is 7.92. The van der Waals surface area contributed by atoms with E-state index in [9.17, 15) is 48.0 Å². The van der Waals surface area contributed by atoms with Gasteiger partial charge in [-0.3, -0.25) is 4.79 Å². The zero-order chi connectivity index (χ0) is 27.0. The molecule has 0 unspecified atom stereocenters. The molecule has 35 heavy (non-hydrogen) atoms. The maximum Gasteiger partial charge on any atom is 0.416 e. The van der Waals surface area contributed by atoms with E-state index in [1.165, 1.54) is 13.8 Å².